The van der Waals surface area contributed by atoms with E-state index >= 15 is 0 Å². The molecule has 8 heteroatoms. The van der Waals surface area contributed by atoms with Crippen LogP contribution in [0.4, 0.5) is 13.2 Å². The smallest absolute Gasteiger partial charge is 0.413 e. The highest BCUT2D eigenvalue weighted by Gasteiger charge is 2.27. The highest BCUT2D eigenvalue weighted by atomic mass is 19.4. The Balaban J connectivity index is 1.93. The van der Waals surface area contributed by atoms with E-state index in [1.54, 1.807) is 19.1 Å². The third-order valence-electron chi connectivity index (χ3n) is 2.31. The Kier molecular flexibility index (Phi) is 3.91. The van der Waals surface area contributed by atoms with Crippen molar-refractivity contribution in [2.45, 2.75) is 19.6 Å². The van der Waals surface area contributed by atoms with Crippen molar-refractivity contribution in [1.29, 1.82) is 0 Å². The average Bonchev–Trinajstić information content (AvgIpc) is 2.91. The topological polar surface area (TPSA) is 63.1 Å². The molecular weight excluding hydrogens is 263 g/mol. The normalized spacial score (nSPS) is 12.0. The summed E-state index contributed by atoms with van der Waals surface area (Å²) in [7, 11) is 0. The van der Waals surface area contributed by atoms with Crippen LogP contribution < -0.4 is 5.48 Å². The van der Waals surface area contributed by atoms with Gasteiger partial charge in [-0.25, -0.2) is 0 Å². The fourth-order valence-corrected chi connectivity index (χ4v) is 1.49. The number of rotatable bonds is 5. The maximum atomic E-state index is 11.9. The molecule has 2 aromatic heterocycles. The van der Waals surface area contributed by atoms with Crippen molar-refractivity contribution in [3.8, 4) is 11.5 Å². The lowest BCUT2D eigenvalue weighted by Gasteiger charge is -2.08. The maximum Gasteiger partial charge on any atom is 0.413 e. The lowest BCUT2D eigenvalue weighted by molar-refractivity contribution is -0.190. The van der Waals surface area contributed by atoms with Gasteiger partial charge in [0.05, 0.1) is 6.20 Å². The molecular formula is C11H12F3N3O2. The Hall–Kier alpha value is -1.80. The molecule has 0 radical (unpaired) electrons. The molecule has 0 saturated heterocycles. The van der Waals surface area contributed by atoms with Crippen LogP contribution in [0.5, 0.6) is 0 Å². The first-order valence-electron chi connectivity index (χ1n) is 5.46. The Bertz CT molecular complexity index is 533. The molecule has 19 heavy (non-hydrogen) atoms. The van der Waals surface area contributed by atoms with Gasteiger partial charge in [0.15, 0.2) is 12.4 Å². The summed E-state index contributed by atoms with van der Waals surface area (Å²) >= 11 is 0. The molecule has 0 aliphatic carbocycles. The minimum Gasteiger partial charge on any atom is -0.460 e. The number of hydrogen-bond donors (Lipinski definition) is 2. The van der Waals surface area contributed by atoms with Crippen LogP contribution in [0.25, 0.3) is 11.5 Å². The minimum atomic E-state index is -4.36. The van der Waals surface area contributed by atoms with Crippen molar-refractivity contribution < 1.29 is 22.4 Å². The van der Waals surface area contributed by atoms with Crippen molar-refractivity contribution in [1.82, 2.24) is 15.7 Å². The van der Waals surface area contributed by atoms with Gasteiger partial charge in [0, 0.05) is 12.1 Å². The number of halogens is 3. The summed E-state index contributed by atoms with van der Waals surface area (Å²) in [5, 5.41) is 6.56. The van der Waals surface area contributed by atoms with Gasteiger partial charge in [-0.2, -0.15) is 23.8 Å². The predicted octanol–water partition coefficient (Wildman–Crippen LogP) is 2.56. The van der Waals surface area contributed by atoms with E-state index < -0.39 is 12.8 Å². The number of alkyl halides is 3. The van der Waals surface area contributed by atoms with Crippen molar-refractivity contribution >= 4 is 0 Å². The van der Waals surface area contributed by atoms with Crippen LogP contribution in [0.2, 0.25) is 0 Å². The first-order chi connectivity index (χ1) is 8.96. The Labute approximate surface area is 106 Å². The third kappa shape index (κ3) is 3.83. The molecule has 0 amide bonds. The number of furan rings is 1. The van der Waals surface area contributed by atoms with Crippen molar-refractivity contribution in [2.24, 2.45) is 0 Å². The predicted molar refractivity (Wildman–Crippen MR) is 59.9 cm³/mol. The zero-order valence-electron chi connectivity index (χ0n) is 10.0. The molecule has 2 N–H and O–H groups in total. The van der Waals surface area contributed by atoms with E-state index in [-0.39, 0.29) is 6.54 Å². The van der Waals surface area contributed by atoms with Gasteiger partial charge in [0.1, 0.15) is 11.5 Å². The highest BCUT2D eigenvalue weighted by molar-refractivity contribution is 5.56. The number of hydroxylamine groups is 1. The van der Waals surface area contributed by atoms with Gasteiger partial charge in [0.25, 0.3) is 0 Å². The molecule has 0 bridgehead atoms. The van der Waals surface area contributed by atoms with E-state index in [2.05, 4.69) is 20.5 Å². The number of aromatic amines is 1. The number of hydrogen-bond acceptors (Lipinski definition) is 4. The monoisotopic (exact) mass is 275 g/mol. The van der Waals surface area contributed by atoms with Gasteiger partial charge in [-0.1, -0.05) is 0 Å². The summed E-state index contributed by atoms with van der Waals surface area (Å²) in [6, 6.07) is 3.54. The SMILES string of the molecule is Cc1ccc(-c2[nH]ncc2CNOCC(F)(F)F)o1. The standard InChI is InChI=1S/C11H12F3N3O2/c1-7-2-3-9(19-7)10-8(4-15-17-10)5-16-18-6-11(12,13)14/h2-4,16H,5-6H2,1H3,(H,15,17). The zero-order chi connectivity index (χ0) is 13.9. The van der Waals surface area contributed by atoms with E-state index in [4.69, 9.17) is 4.42 Å². The van der Waals surface area contributed by atoms with E-state index in [0.717, 1.165) is 5.76 Å². The van der Waals surface area contributed by atoms with Crippen LogP contribution in [0.15, 0.2) is 22.7 Å². The number of nitrogens with one attached hydrogen (secondary N) is 2. The summed E-state index contributed by atoms with van der Waals surface area (Å²) in [6.45, 7) is 0.534. The molecule has 0 unspecified atom stereocenters. The number of aryl methyl sites for hydroxylation is 1. The summed E-state index contributed by atoms with van der Waals surface area (Å²) in [5.74, 6) is 1.31. The highest BCUT2D eigenvalue weighted by Crippen LogP contribution is 2.23. The molecule has 0 aromatic carbocycles. The summed E-state index contributed by atoms with van der Waals surface area (Å²) in [6.07, 6.45) is -2.86. The molecule has 104 valence electrons. The van der Waals surface area contributed by atoms with Crippen LogP contribution in [0.1, 0.15) is 11.3 Å². The number of aromatic nitrogens is 2. The second-order valence-corrected chi connectivity index (χ2v) is 3.91. The van der Waals surface area contributed by atoms with Crippen LogP contribution in [-0.2, 0) is 11.4 Å². The van der Waals surface area contributed by atoms with E-state index in [9.17, 15) is 13.2 Å². The Morgan fingerprint density at radius 2 is 2.21 bits per heavy atom. The van der Waals surface area contributed by atoms with Crippen LogP contribution >= 0.6 is 0 Å². The second kappa shape index (κ2) is 5.45. The van der Waals surface area contributed by atoms with Crippen molar-refractivity contribution in [2.75, 3.05) is 6.61 Å². The lowest BCUT2D eigenvalue weighted by Crippen LogP contribution is -2.24. The first kappa shape index (κ1) is 13.6. The van der Waals surface area contributed by atoms with Crippen LogP contribution in [0, 0.1) is 6.92 Å². The van der Waals surface area contributed by atoms with Crippen molar-refractivity contribution in [3.05, 3.63) is 29.7 Å². The molecule has 2 rings (SSSR count). The van der Waals surface area contributed by atoms with Gasteiger partial charge < -0.3 is 4.42 Å². The summed E-state index contributed by atoms with van der Waals surface area (Å²) in [5.41, 5.74) is 3.50. The number of nitrogens with zero attached hydrogens (tertiary/aromatic N) is 1. The number of H-pyrrole nitrogens is 1. The summed E-state index contributed by atoms with van der Waals surface area (Å²) in [4.78, 5) is 4.32. The summed E-state index contributed by atoms with van der Waals surface area (Å²) < 4.78 is 41.0. The fourth-order valence-electron chi connectivity index (χ4n) is 1.49. The Morgan fingerprint density at radius 3 is 2.84 bits per heavy atom. The molecule has 2 aromatic rings. The molecule has 5 nitrogen and oxygen atoms in total. The molecule has 2 heterocycles. The molecule has 0 saturated carbocycles. The lowest BCUT2D eigenvalue weighted by atomic mass is 10.2. The second-order valence-electron chi connectivity index (χ2n) is 3.91. The molecule has 0 spiro atoms. The molecule has 0 atom stereocenters. The molecule has 0 aliphatic heterocycles. The molecule has 0 aliphatic rings. The quantitative estimate of drug-likeness (QED) is 0.650. The van der Waals surface area contributed by atoms with Crippen LogP contribution in [0.3, 0.4) is 0 Å². The van der Waals surface area contributed by atoms with Crippen LogP contribution in [-0.4, -0.2) is 23.0 Å². The zero-order valence-corrected chi connectivity index (χ0v) is 10.0. The largest absolute Gasteiger partial charge is 0.460 e. The van der Waals surface area contributed by atoms with Gasteiger partial charge in [-0.3, -0.25) is 9.94 Å². The Morgan fingerprint density at radius 1 is 1.42 bits per heavy atom. The molecule has 0 fully saturated rings. The van der Waals surface area contributed by atoms with Gasteiger partial charge in [-0.05, 0) is 19.1 Å². The average molecular weight is 275 g/mol. The minimum absolute atomic E-state index is 0.0850. The van der Waals surface area contributed by atoms with Gasteiger partial charge >= 0.3 is 6.18 Å². The van der Waals surface area contributed by atoms with E-state index in [1.807, 2.05) is 0 Å². The fraction of sp³-hybridized carbons (Fsp3) is 0.364. The first-order valence-corrected chi connectivity index (χ1v) is 5.46. The van der Waals surface area contributed by atoms with E-state index in [0.29, 0.717) is 17.0 Å². The van der Waals surface area contributed by atoms with E-state index in [1.165, 1.54) is 6.20 Å². The van der Waals surface area contributed by atoms with Crippen molar-refractivity contribution in [3.63, 3.8) is 0 Å². The van der Waals surface area contributed by atoms with Gasteiger partial charge in [-0.15, -0.1) is 0 Å². The van der Waals surface area contributed by atoms with Gasteiger partial charge in [0.2, 0.25) is 0 Å². The maximum absolute atomic E-state index is 11.9. The third-order valence-corrected chi connectivity index (χ3v) is 2.31.